The zero-order valence-corrected chi connectivity index (χ0v) is 11.6. The van der Waals surface area contributed by atoms with Crippen LogP contribution in [0.15, 0.2) is 18.2 Å². The van der Waals surface area contributed by atoms with Crippen molar-refractivity contribution >= 4 is 5.97 Å². The smallest absolute Gasteiger partial charge is 0.416 e. The molecule has 1 aromatic rings. The maximum atomic E-state index is 12.6. The summed E-state index contributed by atoms with van der Waals surface area (Å²) in [5, 5.41) is 21.1. The van der Waals surface area contributed by atoms with Gasteiger partial charge < -0.3 is 15.5 Å². The maximum Gasteiger partial charge on any atom is 0.416 e. The van der Waals surface area contributed by atoms with E-state index in [-0.39, 0.29) is 12.1 Å². The van der Waals surface area contributed by atoms with Crippen molar-refractivity contribution in [2.45, 2.75) is 44.9 Å². The summed E-state index contributed by atoms with van der Waals surface area (Å²) in [6.45, 7) is 1.86. The van der Waals surface area contributed by atoms with Gasteiger partial charge in [-0.05, 0) is 30.2 Å². The number of hydrogen-bond donors (Lipinski definition) is 3. The van der Waals surface area contributed by atoms with Crippen molar-refractivity contribution in [3.63, 3.8) is 0 Å². The molecule has 0 heterocycles. The van der Waals surface area contributed by atoms with Gasteiger partial charge in [0.2, 0.25) is 0 Å². The molecule has 0 bridgehead atoms. The molecule has 1 aromatic carbocycles. The SMILES string of the molecule is CCCC[C@H](NCc1cc(O)cc(C(F)(F)F)c1)C(=O)O. The lowest BCUT2D eigenvalue weighted by Gasteiger charge is -2.15. The average molecular weight is 305 g/mol. The van der Waals surface area contributed by atoms with Crippen LogP contribution in [0.2, 0.25) is 0 Å². The van der Waals surface area contributed by atoms with Crippen molar-refractivity contribution in [3.8, 4) is 5.75 Å². The van der Waals surface area contributed by atoms with Gasteiger partial charge >= 0.3 is 12.1 Å². The first-order valence-electron chi connectivity index (χ1n) is 6.60. The third-order valence-corrected chi connectivity index (χ3v) is 3.00. The van der Waals surface area contributed by atoms with Crippen molar-refractivity contribution in [2.24, 2.45) is 0 Å². The number of hydrogen-bond acceptors (Lipinski definition) is 3. The lowest BCUT2D eigenvalue weighted by atomic mass is 10.1. The number of rotatable bonds is 7. The number of carboxylic acids is 1. The van der Waals surface area contributed by atoms with E-state index >= 15 is 0 Å². The summed E-state index contributed by atoms with van der Waals surface area (Å²) in [5.41, 5.74) is -0.773. The number of carbonyl (C=O) groups is 1. The maximum absolute atomic E-state index is 12.6. The van der Waals surface area contributed by atoms with Gasteiger partial charge in [-0.3, -0.25) is 4.79 Å². The van der Waals surface area contributed by atoms with Crippen LogP contribution in [0.5, 0.6) is 5.75 Å². The van der Waals surface area contributed by atoms with Crippen LogP contribution < -0.4 is 5.32 Å². The molecule has 0 aliphatic rings. The summed E-state index contributed by atoms with van der Waals surface area (Å²) in [6.07, 6.45) is -2.62. The predicted molar refractivity (Wildman–Crippen MR) is 70.9 cm³/mol. The highest BCUT2D eigenvalue weighted by Gasteiger charge is 2.31. The predicted octanol–water partition coefficient (Wildman–Crippen LogP) is 3.14. The second kappa shape index (κ2) is 7.31. The molecular weight excluding hydrogens is 287 g/mol. The molecule has 7 heteroatoms. The standard InChI is InChI=1S/C14H18F3NO3/c1-2-3-4-12(13(20)21)18-8-9-5-10(14(15,16)17)7-11(19)6-9/h5-7,12,18-19H,2-4,8H2,1H3,(H,20,21)/t12-/m0/s1. The quantitative estimate of drug-likeness (QED) is 0.724. The highest BCUT2D eigenvalue weighted by atomic mass is 19.4. The minimum Gasteiger partial charge on any atom is -0.508 e. The summed E-state index contributed by atoms with van der Waals surface area (Å²) in [5.74, 6) is -1.54. The van der Waals surface area contributed by atoms with Crippen molar-refractivity contribution in [2.75, 3.05) is 0 Å². The van der Waals surface area contributed by atoms with Crippen molar-refractivity contribution < 1.29 is 28.2 Å². The monoisotopic (exact) mass is 305 g/mol. The lowest BCUT2D eigenvalue weighted by molar-refractivity contribution is -0.140. The Balaban J connectivity index is 2.78. The van der Waals surface area contributed by atoms with Crippen LogP contribution in [0.3, 0.4) is 0 Å². The Kier molecular flexibility index (Phi) is 6.02. The Morgan fingerprint density at radius 1 is 1.33 bits per heavy atom. The summed E-state index contributed by atoms with van der Waals surface area (Å²) in [6, 6.07) is 1.89. The molecule has 0 spiro atoms. The molecule has 118 valence electrons. The first-order chi connectivity index (χ1) is 9.74. The first kappa shape index (κ1) is 17.3. The molecule has 21 heavy (non-hydrogen) atoms. The second-order valence-corrected chi connectivity index (χ2v) is 4.80. The van der Waals surface area contributed by atoms with Gasteiger partial charge in [0, 0.05) is 6.54 Å². The van der Waals surface area contributed by atoms with E-state index in [4.69, 9.17) is 5.11 Å². The molecule has 0 fully saturated rings. The number of unbranched alkanes of at least 4 members (excludes halogenated alkanes) is 1. The Morgan fingerprint density at radius 3 is 2.52 bits per heavy atom. The van der Waals surface area contributed by atoms with E-state index in [1.54, 1.807) is 0 Å². The zero-order valence-electron chi connectivity index (χ0n) is 11.6. The van der Waals surface area contributed by atoms with E-state index in [2.05, 4.69) is 5.32 Å². The molecule has 1 atom stereocenters. The highest BCUT2D eigenvalue weighted by molar-refractivity contribution is 5.73. The summed E-state index contributed by atoms with van der Waals surface area (Å²) < 4.78 is 37.8. The van der Waals surface area contributed by atoms with Crippen LogP contribution in [-0.4, -0.2) is 22.2 Å². The first-order valence-corrected chi connectivity index (χ1v) is 6.60. The Bertz CT molecular complexity index is 489. The van der Waals surface area contributed by atoms with Gasteiger partial charge in [0.1, 0.15) is 11.8 Å². The molecule has 0 amide bonds. The van der Waals surface area contributed by atoms with Gasteiger partial charge in [-0.2, -0.15) is 13.2 Å². The average Bonchev–Trinajstić information content (AvgIpc) is 2.36. The fraction of sp³-hybridized carbons (Fsp3) is 0.500. The van der Waals surface area contributed by atoms with Crippen LogP contribution in [0.4, 0.5) is 13.2 Å². The number of benzene rings is 1. The van der Waals surface area contributed by atoms with E-state index in [9.17, 15) is 23.1 Å². The van der Waals surface area contributed by atoms with Gasteiger partial charge in [0.25, 0.3) is 0 Å². The second-order valence-electron chi connectivity index (χ2n) is 4.80. The Hall–Kier alpha value is -1.76. The van der Waals surface area contributed by atoms with Crippen molar-refractivity contribution in [3.05, 3.63) is 29.3 Å². The van der Waals surface area contributed by atoms with Gasteiger partial charge in [-0.1, -0.05) is 19.8 Å². The van der Waals surface area contributed by atoms with E-state index < -0.39 is 29.5 Å². The fourth-order valence-corrected chi connectivity index (χ4v) is 1.90. The topological polar surface area (TPSA) is 69.6 Å². The molecular formula is C14H18F3NO3. The number of nitrogens with one attached hydrogen (secondary N) is 1. The molecule has 1 rings (SSSR count). The summed E-state index contributed by atoms with van der Waals surface area (Å²) >= 11 is 0. The highest BCUT2D eigenvalue weighted by Crippen LogP contribution is 2.32. The molecule has 4 nitrogen and oxygen atoms in total. The van der Waals surface area contributed by atoms with E-state index in [0.717, 1.165) is 12.5 Å². The molecule has 0 aromatic heterocycles. The number of aromatic hydroxyl groups is 1. The zero-order chi connectivity index (χ0) is 16.0. The number of alkyl halides is 3. The summed E-state index contributed by atoms with van der Waals surface area (Å²) in [7, 11) is 0. The molecule has 0 aliphatic carbocycles. The van der Waals surface area contributed by atoms with Gasteiger partial charge in [-0.25, -0.2) is 0 Å². The molecule has 0 unspecified atom stereocenters. The van der Waals surface area contributed by atoms with Crippen LogP contribution in [0.1, 0.15) is 37.3 Å². The Labute approximate surface area is 120 Å². The number of phenolic OH excluding ortho intramolecular Hbond substituents is 1. The van der Waals surface area contributed by atoms with E-state index in [0.29, 0.717) is 18.9 Å². The summed E-state index contributed by atoms with van der Waals surface area (Å²) in [4.78, 5) is 11.0. The van der Waals surface area contributed by atoms with Gasteiger partial charge in [-0.15, -0.1) is 0 Å². The number of phenols is 1. The van der Waals surface area contributed by atoms with Crippen molar-refractivity contribution in [1.29, 1.82) is 0 Å². The lowest BCUT2D eigenvalue weighted by Crippen LogP contribution is -2.36. The van der Waals surface area contributed by atoms with Gasteiger partial charge in [0.05, 0.1) is 5.56 Å². The third-order valence-electron chi connectivity index (χ3n) is 3.00. The van der Waals surface area contributed by atoms with Crippen LogP contribution in [0.25, 0.3) is 0 Å². The van der Waals surface area contributed by atoms with Gasteiger partial charge in [0.15, 0.2) is 0 Å². The van der Waals surface area contributed by atoms with E-state index in [1.165, 1.54) is 6.07 Å². The largest absolute Gasteiger partial charge is 0.508 e. The molecule has 0 saturated carbocycles. The number of aliphatic carboxylic acids is 1. The minimum atomic E-state index is -4.55. The molecule has 0 radical (unpaired) electrons. The minimum absolute atomic E-state index is 0.0574. The fourth-order valence-electron chi connectivity index (χ4n) is 1.90. The van der Waals surface area contributed by atoms with E-state index in [1.807, 2.05) is 6.92 Å². The van der Waals surface area contributed by atoms with Crippen LogP contribution in [-0.2, 0) is 17.5 Å². The third kappa shape index (κ3) is 5.63. The van der Waals surface area contributed by atoms with Crippen LogP contribution in [0, 0.1) is 0 Å². The molecule has 0 saturated heterocycles. The Morgan fingerprint density at radius 2 is 2.00 bits per heavy atom. The molecule has 0 aliphatic heterocycles. The van der Waals surface area contributed by atoms with Crippen LogP contribution >= 0.6 is 0 Å². The normalized spacial score (nSPS) is 13.1. The number of carboxylic acid groups (broad SMARTS) is 1. The molecule has 3 N–H and O–H groups in total. The number of halogens is 3. The van der Waals surface area contributed by atoms with Crippen molar-refractivity contribution in [1.82, 2.24) is 5.32 Å².